The number of benzene rings is 2. The van der Waals surface area contributed by atoms with Gasteiger partial charge in [0.15, 0.2) is 0 Å². The molecule has 0 aliphatic rings. The highest BCUT2D eigenvalue weighted by Gasteiger charge is 2.17. The van der Waals surface area contributed by atoms with Gasteiger partial charge < -0.3 is 15.0 Å². The average molecular weight is 708 g/mol. The molecule has 9 heteroatoms. The van der Waals surface area contributed by atoms with Gasteiger partial charge >= 0.3 is 5.97 Å². The van der Waals surface area contributed by atoms with Gasteiger partial charge in [0.2, 0.25) is 11.0 Å². The lowest BCUT2D eigenvalue weighted by Gasteiger charge is -2.30. The van der Waals surface area contributed by atoms with Crippen molar-refractivity contribution in [2.45, 2.75) is 145 Å². The number of nitrogens with zero attached hydrogens (tertiary/aromatic N) is 4. The van der Waals surface area contributed by atoms with Crippen molar-refractivity contribution in [2.75, 3.05) is 29.9 Å². The van der Waals surface area contributed by atoms with Crippen molar-refractivity contribution in [3.63, 3.8) is 0 Å². The molecule has 0 radical (unpaired) electrons. The second kappa shape index (κ2) is 24.8. The van der Waals surface area contributed by atoms with Gasteiger partial charge in [0.1, 0.15) is 5.69 Å². The van der Waals surface area contributed by atoms with Crippen molar-refractivity contribution < 1.29 is 14.3 Å². The van der Waals surface area contributed by atoms with Gasteiger partial charge in [-0.15, -0.1) is 10.2 Å². The molecule has 278 valence electrons. The lowest BCUT2D eigenvalue weighted by atomic mass is 9.98. The molecule has 8 nitrogen and oxygen atoms in total. The fraction of sp³-hybridized carbons (Fsp3) is 0.634. The van der Waals surface area contributed by atoms with E-state index in [0.717, 1.165) is 53.8 Å². The summed E-state index contributed by atoms with van der Waals surface area (Å²) >= 11 is 1.36. The molecule has 0 bridgehead atoms. The Kier molecular flexibility index (Phi) is 21.2. The first-order valence-corrected chi connectivity index (χ1v) is 20.2. The monoisotopic (exact) mass is 707 g/mol. The van der Waals surface area contributed by atoms with Crippen molar-refractivity contribution >= 4 is 55.6 Å². The molecule has 1 aromatic heterocycles. The maximum atomic E-state index is 12.6. The number of amides is 1. The summed E-state index contributed by atoms with van der Waals surface area (Å²) in [6.45, 7) is 19.2. The Hall–Kier alpha value is -3.33. The van der Waals surface area contributed by atoms with E-state index in [0.29, 0.717) is 34.6 Å². The molecule has 2 aromatic carbocycles. The second-order valence-electron chi connectivity index (χ2n) is 13.3. The molecule has 1 N–H and O–H groups in total. The van der Waals surface area contributed by atoms with E-state index in [1.165, 1.54) is 88.9 Å². The van der Waals surface area contributed by atoms with Gasteiger partial charge in [-0.3, -0.25) is 4.79 Å². The first-order valence-electron chi connectivity index (χ1n) is 19.4. The molecule has 0 fully saturated rings. The van der Waals surface area contributed by atoms with E-state index in [2.05, 4.69) is 73.9 Å². The van der Waals surface area contributed by atoms with E-state index in [-0.39, 0.29) is 11.9 Å². The van der Waals surface area contributed by atoms with Crippen LogP contribution in [0.25, 0.3) is 10.2 Å². The fourth-order valence-electron chi connectivity index (χ4n) is 5.83. The molecule has 0 saturated heterocycles. The van der Waals surface area contributed by atoms with Crippen LogP contribution in [0.2, 0.25) is 0 Å². The highest BCUT2D eigenvalue weighted by molar-refractivity contribution is 7.21. The number of rotatable bonds is 22. The molecule has 1 amide bonds. The fourth-order valence-corrected chi connectivity index (χ4v) is 6.66. The number of carbonyl (C=O) groups excluding carboxylic acids is 2. The Morgan fingerprint density at radius 1 is 0.860 bits per heavy atom. The number of fused-ring (bicyclic) bond motifs is 1. The number of hydrogen-bond donors (Lipinski definition) is 1. The third-order valence-electron chi connectivity index (χ3n) is 8.91. The number of aromatic nitrogens is 1. The van der Waals surface area contributed by atoms with Crippen molar-refractivity contribution in [3.8, 4) is 0 Å². The Morgan fingerprint density at radius 2 is 1.52 bits per heavy atom. The standard InChI is InChI=1S/C35H51N5O3S.C6H14/c1-7-11-13-14-15-16-20-43-34(42)28-18-19-29-33(22-28)44-35(37-29)39-38-31-21-25(5)32(23-30(31)36-26(6)41)40(10-4)24-27(9-3)17-12-8-2;1-3-5-6-4-2/h18-19,21-23,27H,7-17,20,24H2,1-6H3,(H,36,41);3-6H2,1-2H3. The topological polar surface area (TPSA) is 96.2 Å². The smallest absolute Gasteiger partial charge is 0.338 e. The lowest BCUT2D eigenvalue weighted by Crippen LogP contribution is -2.30. The third kappa shape index (κ3) is 15.3. The van der Waals surface area contributed by atoms with Gasteiger partial charge in [-0.2, -0.15) is 0 Å². The summed E-state index contributed by atoms with van der Waals surface area (Å²) in [5.74, 6) is 0.147. The Morgan fingerprint density at radius 3 is 2.16 bits per heavy atom. The van der Waals surface area contributed by atoms with Gasteiger partial charge in [0.25, 0.3) is 0 Å². The SMILES string of the molecule is CCCCCC.CCCCCCCCOC(=O)c1ccc2nc(N=Nc3cc(C)c(N(CC)CC(CC)CCCC)cc3NC(C)=O)sc2c1. The molecule has 3 rings (SSSR count). The number of unbranched alkanes of at least 4 members (excludes halogenated alkanes) is 9. The zero-order valence-electron chi connectivity index (χ0n) is 32.4. The highest BCUT2D eigenvalue weighted by Crippen LogP contribution is 2.37. The van der Waals surface area contributed by atoms with Crippen LogP contribution in [0, 0.1) is 12.8 Å². The minimum Gasteiger partial charge on any atom is -0.462 e. The van der Waals surface area contributed by atoms with Crippen LogP contribution in [0.5, 0.6) is 0 Å². The maximum Gasteiger partial charge on any atom is 0.338 e. The molecule has 0 aliphatic carbocycles. The van der Waals surface area contributed by atoms with Crippen LogP contribution in [0.15, 0.2) is 40.6 Å². The first kappa shape index (κ1) is 42.8. The number of ether oxygens (including phenoxy) is 1. The van der Waals surface area contributed by atoms with Gasteiger partial charge in [0, 0.05) is 25.7 Å². The molecule has 50 heavy (non-hydrogen) atoms. The molecule has 0 aliphatic heterocycles. The summed E-state index contributed by atoms with van der Waals surface area (Å²) in [5.41, 5.74) is 4.63. The predicted molar refractivity (Wildman–Crippen MR) is 214 cm³/mol. The zero-order valence-corrected chi connectivity index (χ0v) is 33.2. The number of aryl methyl sites for hydroxylation is 1. The van der Waals surface area contributed by atoms with Crippen molar-refractivity contribution in [2.24, 2.45) is 16.1 Å². The summed E-state index contributed by atoms with van der Waals surface area (Å²) in [7, 11) is 0. The van der Waals surface area contributed by atoms with Crippen molar-refractivity contribution in [1.82, 2.24) is 4.98 Å². The van der Waals surface area contributed by atoms with E-state index >= 15 is 0 Å². The number of nitrogens with one attached hydrogen (secondary N) is 1. The number of hydrogen-bond acceptors (Lipinski definition) is 8. The van der Waals surface area contributed by atoms with Crippen LogP contribution in [-0.2, 0) is 9.53 Å². The zero-order chi connectivity index (χ0) is 36.7. The Labute approximate surface area is 306 Å². The highest BCUT2D eigenvalue weighted by atomic mass is 32.1. The van der Waals surface area contributed by atoms with Crippen LogP contribution in [0.4, 0.5) is 22.2 Å². The Balaban J connectivity index is 0.00000132. The molecular formula is C41H65N5O3S. The van der Waals surface area contributed by atoms with E-state index < -0.39 is 0 Å². The van der Waals surface area contributed by atoms with Gasteiger partial charge in [-0.25, -0.2) is 9.78 Å². The number of anilines is 2. The molecule has 3 aromatic rings. The van der Waals surface area contributed by atoms with Gasteiger partial charge in [-0.1, -0.05) is 123 Å². The first-order chi connectivity index (χ1) is 24.2. The van der Waals surface area contributed by atoms with E-state index in [9.17, 15) is 9.59 Å². The van der Waals surface area contributed by atoms with Crippen molar-refractivity contribution in [1.29, 1.82) is 0 Å². The quantitative estimate of drug-likeness (QED) is 0.0637. The van der Waals surface area contributed by atoms with Gasteiger partial charge in [0.05, 0.1) is 28.1 Å². The largest absolute Gasteiger partial charge is 0.462 e. The maximum absolute atomic E-state index is 12.6. The van der Waals surface area contributed by atoms with E-state index in [1.54, 1.807) is 12.1 Å². The van der Waals surface area contributed by atoms with Gasteiger partial charge in [-0.05, 0) is 68.5 Å². The average Bonchev–Trinajstić information content (AvgIpc) is 3.53. The Bertz CT molecular complexity index is 1450. The number of esters is 1. The molecule has 0 saturated carbocycles. The van der Waals surface area contributed by atoms with Crippen LogP contribution in [0.3, 0.4) is 0 Å². The summed E-state index contributed by atoms with van der Waals surface area (Å²) in [5, 5.41) is 12.4. The lowest BCUT2D eigenvalue weighted by molar-refractivity contribution is -0.114. The van der Waals surface area contributed by atoms with Crippen molar-refractivity contribution in [3.05, 3.63) is 41.5 Å². The van der Waals surface area contributed by atoms with Crippen LogP contribution in [-0.4, -0.2) is 36.6 Å². The summed E-state index contributed by atoms with van der Waals surface area (Å²) in [4.78, 5) is 31.7. The van der Waals surface area contributed by atoms with Crippen LogP contribution >= 0.6 is 11.3 Å². The molecular weight excluding hydrogens is 643 g/mol. The molecule has 1 unspecified atom stereocenters. The number of thiazole rings is 1. The predicted octanol–water partition coefficient (Wildman–Crippen LogP) is 13.1. The van der Waals surface area contributed by atoms with Crippen LogP contribution in [0.1, 0.15) is 154 Å². The number of azo groups is 1. The number of carbonyl (C=O) groups is 2. The molecule has 1 atom stereocenters. The van der Waals surface area contributed by atoms with E-state index in [1.807, 2.05) is 18.2 Å². The summed E-state index contributed by atoms with van der Waals surface area (Å²) < 4.78 is 6.34. The summed E-state index contributed by atoms with van der Waals surface area (Å²) in [6.07, 6.45) is 17.2. The minimum atomic E-state index is -0.315. The molecule has 0 spiro atoms. The molecule has 1 heterocycles. The van der Waals surface area contributed by atoms with Crippen LogP contribution < -0.4 is 10.2 Å². The normalized spacial score (nSPS) is 11.8. The second-order valence-corrected chi connectivity index (χ2v) is 14.3. The summed E-state index contributed by atoms with van der Waals surface area (Å²) in [6, 6.07) is 9.36. The van der Waals surface area contributed by atoms with E-state index in [4.69, 9.17) is 4.74 Å². The minimum absolute atomic E-state index is 0.162. The third-order valence-corrected chi connectivity index (χ3v) is 9.82.